The van der Waals surface area contributed by atoms with Crippen LogP contribution in [-0.4, -0.2) is 36.1 Å². The normalized spacial score (nSPS) is 17.2. The van der Waals surface area contributed by atoms with E-state index in [0.717, 1.165) is 0 Å². The molecule has 1 N–H and O–H groups in total. The lowest BCUT2D eigenvalue weighted by Crippen LogP contribution is -2.53. The summed E-state index contributed by atoms with van der Waals surface area (Å²) in [5, 5.41) is 9.34. The molecule has 0 rings (SSSR count). The van der Waals surface area contributed by atoms with Gasteiger partial charge in [-0.1, -0.05) is 6.58 Å². The number of aliphatic hydroxyl groups is 1. The molecule has 0 aromatic carbocycles. The van der Waals surface area contributed by atoms with E-state index < -0.39 is 6.23 Å². The van der Waals surface area contributed by atoms with Gasteiger partial charge in [0.25, 0.3) is 0 Å². The number of aliphatic hydroxyl groups excluding tert-OH is 1. The third-order valence-corrected chi connectivity index (χ3v) is 2.19. The predicted octanol–water partition coefficient (Wildman–Crippen LogP) is 0.907. The van der Waals surface area contributed by atoms with E-state index in [9.17, 15) is 5.11 Å². The van der Waals surface area contributed by atoms with Crippen LogP contribution in [0.3, 0.4) is 0 Å². The molecule has 0 fully saturated rings. The molecular formula is C8H18NO2+. The Morgan fingerprint density at radius 2 is 1.91 bits per heavy atom. The van der Waals surface area contributed by atoms with E-state index in [0.29, 0.717) is 4.48 Å². The fraction of sp³-hybridized carbons (Fsp3) is 0.750. The van der Waals surface area contributed by atoms with Crippen molar-refractivity contribution in [2.75, 3.05) is 14.1 Å². The summed E-state index contributed by atoms with van der Waals surface area (Å²) in [5.74, 6) is 0. The van der Waals surface area contributed by atoms with Gasteiger partial charge in [0.15, 0.2) is 6.23 Å². The Labute approximate surface area is 68.5 Å². The molecule has 3 nitrogen and oxygen atoms in total. The van der Waals surface area contributed by atoms with Crippen LogP contribution in [0.2, 0.25) is 0 Å². The van der Waals surface area contributed by atoms with Gasteiger partial charge in [-0.25, -0.2) is 0 Å². The van der Waals surface area contributed by atoms with Gasteiger partial charge in [0.2, 0.25) is 6.23 Å². The van der Waals surface area contributed by atoms with Crippen LogP contribution < -0.4 is 0 Å². The molecule has 0 heterocycles. The number of hydrogen-bond donors (Lipinski definition) is 1. The van der Waals surface area contributed by atoms with Crippen molar-refractivity contribution in [2.24, 2.45) is 0 Å². The summed E-state index contributed by atoms with van der Waals surface area (Å²) in [7, 11) is 3.80. The molecule has 11 heavy (non-hydrogen) atoms. The lowest BCUT2D eigenvalue weighted by Gasteiger charge is -2.36. The minimum atomic E-state index is -0.440. The summed E-state index contributed by atoms with van der Waals surface area (Å²) < 4.78 is 5.55. The lowest BCUT2D eigenvalue weighted by atomic mass is 10.4. The smallest absolute Gasteiger partial charge is 0.231 e. The average Bonchev–Trinajstić information content (AvgIpc) is 1.88. The second-order valence-corrected chi connectivity index (χ2v) is 3.16. The Kier molecular flexibility index (Phi) is 3.55. The van der Waals surface area contributed by atoms with E-state index in [1.54, 1.807) is 6.92 Å². The van der Waals surface area contributed by atoms with Crippen molar-refractivity contribution < 1.29 is 14.3 Å². The maximum absolute atomic E-state index is 9.34. The molecule has 0 saturated carbocycles. The summed E-state index contributed by atoms with van der Waals surface area (Å²) in [6.07, 6.45) is 0.880. The van der Waals surface area contributed by atoms with Crippen LogP contribution in [0.5, 0.6) is 0 Å². The van der Waals surface area contributed by atoms with E-state index in [-0.39, 0.29) is 6.23 Å². The summed E-state index contributed by atoms with van der Waals surface area (Å²) in [6, 6.07) is 0. The highest BCUT2D eigenvalue weighted by atomic mass is 16.5. The Bertz CT molecular complexity index is 132. The molecule has 0 aromatic rings. The maximum atomic E-state index is 9.34. The van der Waals surface area contributed by atoms with Gasteiger partial charge >= 0.3 is 0 Å². The van der Waals surface area contributed by atoms with E-state index in [1.165, 1.54) is 6.26 Å². The molecular weight excluding hydrogens is 142 g/mol. The fourth-order valence-corrected chi connectivity index (χ4v) is 0.600. The van der Waals surface area contributed by atoms with Crippen molar-refractivity contribution in [1.82, 2.24) is 0 Å². The lowest BCUT2D eigenvalue weighted by molar-refractivity contribution is -0.973. The second-order valence-electron chi connectivity index (χ2n) is 3.16. The highest BCUT2D eigenvalue weighted by molar-refractivity contribution is 4.50. The van der Waals surface area contributed by atoms with Crippen LogP contribution >= 0.6 is 0 Å². The Balaban J connectivity index is 4.16. The number of quaternary nitrogens is 1. The van der Waals surface area contributed by atoms with Crippen LogP contribution in [0.15, 0.2) is 12.8 Å². The zero-order valence-electron chi connectivity index (χ0n) is 7.74. The first kappa shape index (κ1) is 10.5. The van der Waals surface area contributed by atoms with E-state index in [1.807, 2.05) is 21.0 Å². The molecule has 3 heteroatoms. The Morgan fingerprint density at radius 3 is 2.18 bits per heavy atom. The van der Waals surface area contributed by atoms with Crippen LogP contribution in [0.4, 0.5) is 0 Å². The first-order valence-electron chi connectivity index (χ1n) is 3.70. The molecule has 0 aliphatic carbocycles. The van der Waals surface area contributed by atoms with Crippen molar-refractivity contribution >= 4 is 0 Å². The highest BCUT2D eigenvalue weighted by Gasteiger charge is 2.29. The number of nitrogens with zero attached hydrogens (tertiary/aromatic N) is 1. The first-order chi connectivity index (χ1) is 4.92. The third kappa shape index (κ3) is 2.52. The summed E-state index contributed by atoms with van der Waals surface area (Å²) in [5.41, 5.74) is 0. The van der Waals surface area contributed by atoms with Gasteiger partial charge < -0.3 is 9.84 Å². The van der Waals surface area contributed by atoms with Gasteiger partial charge in [-0.2, -0.15) is 0 Å². The molecule has 0 spiro atoms. The molecule has 2 unspecified atom stereocenters. The standard InChI is InChI=1S/C8H18NO2/c1-6-11-8(3)9(4,5)7(2)10/h6-8,10H,1H2,2-5H3/q+1. The number of rotatable bonds is 4. The Morgan fingerprint density at radius 1 is 1.45 bits per heavy atom. The van der Waals surface area contributed by atoms with Gasteiger partial charge in [-0.15, -0.1) is 0 Å². The van der Waals surface area contributed by atoms with Crippen molar-refractivity contribution in [3.05, 3.63) is 12.8 Å². The molecule has 0 amide bonds. The van der Waals surface area contributed by atoms with Gasteiger partial charge in [0.05, 0.1) is 20.4 Å². The van der Waals surface area contributed by atoms with Crippen molar-refractivity contribution in [3.8, 4) is 0 Å². The maximum Gasteiger partial charge on any atom is 0.231 e. The molecule has 0 bridgehead atoms. The van der Waals surface area contributed by atoms with E-state index in [2.05, 4.69) is 6.58 Å². The van der Waals surface area contributed by atoms with Crippen LogP contribution in [0.1, 0.15) is 13.8 Å². The van der Waals surface area contributed by atoms with Crippen molar-refractivity contribution in [1.29, 1.82) is 0 Å². The van der Waals surface area contributed by atoms with Gasteiger partial charge in [-0.3, -0.25) is 4.48 Å². The summed E-state index contributed by atoms with van der Waals surface area (Å²) in [4.78, 5) is 0. The largest absolute Gasteiger partial charge is 0.451 e. The molecule has 0 aliphatic rings. The van der Waals surface area contributed by atoms with E-state index in [4.69, 9.17) is 4.74 Å². The molecule has 0 saturated heterocycles. The number of ether oxygens (including phenoxy) is 1. The van der Waals surface area contributed by atoms with Gasteiger partial charge in [-0.05, 0) is 0 Å². The van der Waals surface area contributed by atoms with Crippen LogP contribution in [0.25, 0.3) is 0 Å². The van der Waals surface area contributed by atoms with Crippen LogP contribution in [-0.2, 0) is 4.74 Å². The molecule has 0 aromatic heterocycles. The summed E-state index contributed by atoms with van der Waals surface area (Å²) in [6.45, 7) is 7.10. The monoisotopic (exact) mass is 160 g/mol. The van der Waals surface area contributed by atoms with Gasteiger partial charge in [0.1, 0.15) is 0 Å². The second kappa shape index (κ2) is 3.74. The molecule has 0 radical (unpaired) electrons. The minimum Gasteiger partial charge on any atom is -0.451 e. The third-order valence-electron chi connectivity index (χ3n) is 2.19. The number of hydrogen-bond acceptors (Lipinski definition) is 2. The molecule has 66 valence electrons. The highest BCUT2D eigenvalue weighted by Crippen LogP contribution is 2.11. The zero-order valence-corrected chi connectivity index (χ0v) is 7.74. The molecule has 2 atom stereocenters. The van der Waals surface area contributed by atoms with Crippen LogP contribution in [0, 0.1) is 0 Å². The van der Waals surface area contributed by atoms with E-state index >= 15 is 0 Å². The fourth-order valence-electron chi connectivity index (χ4n) is 0.600. The van der Waals surface area contributed by atoms with Crippen molar-refractivity contribution in [2.45, 2.75) is 26.3 Å². The Hall–Kier alpha value is -0.540. The van der Waals surface area contributed by atoms with Crippen molar-refractivity contribution in [3.63, 3.8) is 0 Å². The quantitative estimate of drug-likeness (QED) is 0.376. The molecule has 0 aliphatic heterocycles. The topological polar surface area (TPSA) is 29.5 Å². The SMILES string of the molecule is C=COC(C)[N+](C)(C)C(C)O. The minimum absolute atomic E-state index is 0.0764. The first-order valence-corrected chi connectivity index (χ1v) is 3.70. The zero-order chi connectivity index (χ0) is 9.07. The average molecular weight is 160 g/mol. The summed E-state index contributed by atoms with van der Waals surface area (Å²) >= 11 is 0. The predicted molar refractivity (Wildman–Crippen MR) is 44.5 cm³/mol. The van der Waals surface area contributed by atoms with Gasteiger partial charge in [0, 0.05) is 13.8 Å².